The van der Waals surface area contributed by atoms with Crippen molar-refractivity contribution in [3.05, 3.63) is 0 Å². The molecule has 0 radical (unpaired) electrons. The van der Waals surface area contributed by atoms with E-state index in [2.05, 4.69) is 27.7 Å². The van der Waals surface area contributed by atoms with Gasteiger partial charge in [-0.2, -0.15) is 0 Å². The van der Waals surface area contributed by atoms with E-state index in [1.54, 1.807) is 0 Å². The summed E-state index contributed by atoms with van der Waals surface area (Å²) >= 11 is 0. The van der Waals surface area contributed by atoms with Crippen LogP contribution in [0, 0.1) is 11.3 Å². The van der Waals surface area contributed by atoms with Gasteiger partial charge in [-0.3, -0.25) is 4.79 Å². The van der Waals surface area contributed by atoms with E-state index < -0.39 is 0 Å². The van der Waals surface area contributed by atoms with Crippen LogP contribution in [-0.4, -0.2) is 29.4 Å². The molecule has 1 rings (SSSR count). The number of carbonyl (C=O) groups excluding carboxylic acids is 1. The van der Waals surface area contributed by atoms with E-state index in [-0.39, 0.29) is 29.9 Å². The molecule has 1 heterocycles. The number of halogens is 1. The number of piperidine rings is 1. The Labute approximate surface area is 124 Å². The van der Waals surface area contributed by atoms with Crippen molar-refractivity contribution in [2.24, 2.45) is 17.1 Å². The van der Waals surface area contributed by atoms with E-state index in [1.807, 2.05) is 11.8 Å². The molecule has 1 aliphatic rings. The third kappa shape index (κ3) is 5.31. The van der Waals surface area contributed by atoms with Gasteiger partial charge in [-0.15, -0.1) is 12.4 Å². The zero-order valence-corrected chi connectivity index (χ0v) is 13.9. The lowest BCUT2D eigenvalue weighted by Gasteiger charge is -2.39. The van der Waals surface area contributed by atoms with Crippen molar-refractivity contribution < 1.29 is 4.79 Å². The molecule has 0 aliphatic carbocycles. The van der Waals surface area contributed by atoms with Gasteiger partial charge in [0.05, 0.1) is 0 Å². The molecule has 19 heavy (non-hydrogen) atoms. The number of rotatable bonds is 3. The van der Waals surface area contributed by atoms with Gasteiger partial charge in [-0.25, -0.2) is 0 Å². The maximum atomic E-state index is 12.4. The Hall–Kier alpha value is -0.280. The summed E-state index contributed by atoms with van der Waals surface area (Å²) < 4.78 is 0. The van der Waals surface area contributed by atoms with E-state index in [9.17, 15) is 4.79 Å². The van der Waals surface area contributed by atoms with Crippen molar-refractivity contribution in [2.45, 2.75) is 72.4 Å². The van der Waals surface area contributed by atoms with Crippen molar-refractivity contribution in [3.8, 4) is 0 Å². The SMILES string of the molecule is CC(N)C1CCCCN1C(=O)CC(C)C(C)(C)C.Cl. The van der Waals surface area contributed by atoms with Crippen LogP contribution in [0.25, 0.3) is 0 Å². The summed E-state index contributed by atoms with van der Waals surface area (Å²) in [4.78, 5) is 14.5. The highest BCUT2D eigenvalue weighted by Gasteiger charge is 2.31. The smallest absolute Gasteiger partial charge is 0.223 e. The minimum absolute atomic E-state index is 0. The van der Waals surface area contributed by atoms with Crippen molar-refractivity contribution >= 4 is 18.3 Å². The predicted molar refractivity (Wildman–Crippen MR) is 83.5 cm³/mol. The van der Waals surface area contributed by atoms with Crippen molar-refractivity contribution in [1.82, 2.24) is 4.90 Å². The lowest BCUT2D eigenvalue weighted by Crippen LogP contribution is -2.52. The molecule has 114 valence electrons. The number of likely N-dealkylation sites (tertiary alicyclic amines) is 1. The number of hydrogen-bond acceptors (Lipinski definition) is 2. The molecule has 0 saturated carbocycles. The third-order valence-electron chi connectivity index (χ3n) is 4.44. The van der Waals surface area contributed by atoms with Gasteiger partial charge >= 0.3 is 0 Å². The lowest BCUT2D eigenvalue weighted by atomic mass is 9.79. The Morgan fingerprint density at radius 3 is 2.37 bits per heavy atom. The molecule has 0 aromatic heterocycles. The van der Waals surface area contributed by atoms with Gasteiger partial charge in [-0.1, -0.05) is 27.7 Å². The van der Waals surface area contributed by atoms with E-state index >= 15 is 0 Å². The molecule has 1 aliphatic heterocycles. The second-order valence-corrected chi connectivity index (χ2v) is 6.98. The van der Waals surface area contributed by atoms with Gasteiger partial charge in [0.25, 0.3) is 0 Å². The molecule has 2 N–H and O–H groups in total. The topological polar surface area (TPSA) is 46.3 Å². The lowest BCUT2D eigenvalue weighted by molar-refractivity contribution is -0.137. The fraction of sp³-hybridized carbons (Fsp3) is 0.933. The zero-order chi connectivity index (χ0) is 13.9. The quantitative estimate of drug-likeness (QED) is 0.867. The first-order valence-corrected chi connectivity index (χ1v) is 7.28. The third-order valence-corrected chi connectivity index (χ3v) is 4.44. The van der Waals surface area contributed by atoms with Gasteiger partial charge in [0, 0.05) is 25.0 Å². The van der Waals surface area contributed by atoms with Crippen LogP contribution in [0.3, 0.4) is 0 Å². The van der Waals surface area contributed by atoms with Gasteiger partial charge in [0.1, 0.15) is 0 Å². The highest BCUT2D eigenvalue weighted by Crippen LogP contribution is 2.30. The number of carbonyl (C=O) groups is 1. The van der Waals surface area contributed by atoms with Crippen molar-refractivity contribution in [2.75, 3.05) is 6.54 Å². The summed E-state index contributed by atoms with van der Waals surface area (Å²) in [7, 11) is 0. The van der Waals surface area contributed by atoms with Crippen LogP contribution in [0.15, 0.2) is 0 Å². The molecule has 4 heteroatoms. The number of hydrogen-bond donors (Lipinski definition) is 1. The van der Waals surface area contributed by atoms with Crippen LogP contribution in [0.5, 0.6) is 0 Å². The zero-order valence-electron chi connectivity index (χ0n) is 13.1. The summed E-state index contributed by atoms with van der Waals surface area (Å²) in [5.41, 5.74) is 6.21. The number of nitrogens with two attached hydrogens (primary N) is 1. The second kappa shape index (κ2) is 7.49. The maximum absolute atomic E-state index is 12.4. The maximum Gasteiger partial charge on any atom is 0.223 e. The monoisotopic (exact) mass is 290 g/mol. The average molecular weight is 291 g/mol. The molecule has 3 atom stereocenters. The molecular weight excluding hydrogens is 260 g/mol. The van der Waals surface area contributed by atoms with Crippen LogP contribution < -0.4 is 5.73 Å². The molecule has 0 aromatic carbocycles. The van der Waals surface area contributed by atoms with Gasteiger partial charge in [-0.05, 0) is 37.5 Å². The molecule has 0 spiro atoms. The second-order valence-electron chi connectivity index (χ2n) is 6.98. The summed E-state index contributed by atoms with van der Waals surface area (Å²) in [6.07, 6.45) is 4.03. The van der Waals surface area contributed by atoms with Crippen LogP contribution >= 0.6 is 12.4 Å². The van der Waals surface area contributed by atoms with E-state index in [0.29, 0.717) is 18.2 Å². The number of nitrogens with zero attached hydrogens (tertiary/aromatic N) is 1. The molecule has 0 aromatic rings. The largest absolute Gasteiger partial charge is 0.338 e. The molecule has 1 fully saturated rings. The molecular formula is C15H31ClN2O. The summed E-state index contributed by atoms with van der Waals surface area (Å²) in [6.45, 7) is 11.7. The van der Waals surface area contributed by atoms with Gasteiger partial charge in [0.2, 0.25) is 5.91 Å². The first-order chi connectivity index (χ1) is 8.23. The van der Waals surface area contributed by atoms with Gasteiger partial charge in [0.15, 0.2) is 0 Å². The standard InChI is InChI=1S/C15H30N2O.ClH/c1-11(15(3,4)5)10-14(18)17-9-7-6-8-13(17)12(2)16;/h11-13H,6-10,16H2,1-5H3;1H. The van der Waals surface area contributed by atoms with Crippen LogP contribution in [0.4, 0.5) is 0 Å². The highest BCUT2D eigenvalue weighted by molar-refractivity contribution is 5.85. The highest BCUT2D eigenvalue weighted by atomic mass is 35.5. The van der Waals surface area contributed by atoms with Crippen LogP contribution in [-0.2, 0) is 4.79 Å². The molecule has 3 unspecified atom stereocenters. The summed E-state index contributed by atoms with van der Waals surface area (Å²) in [5, 5.41) is 0. The fourth-order valence-electron chi connectivity index (χ4n) is 2.50. The van der Waals surface area contributed by atoms with E-state index in [0.717, 1.165) is 19.4 Å². The summed E-state index contributed by atoms with van der Waals surface area (Å²) in [6, 6.07) is 0.331. The Morgan fingerprint density at radius 1 is 1.32 bits per heavy atom. The van der Waals surface area contributed by atoms with E-state index in [4.69, 9.17) is 5.73 Å². The Bertz CT molecular complexity index is 286. The molecule has 1 amide bonds. The number of amides is 1. The Balaban J connectivity index is 0.00000324. The van der Waals surface area contributed by atoms with Crippen LogP contribution in [0.2, 0.25) is 0 Å². The van der Waals surface area contributed by atoms with Crippen LogP contribution in [0.1, 0.15) is 60.3 Å². The van der Waals surface area contributed by atoms with E-state index in [1.165, 1.54) is 6.42 Å². The average Bonchev–Trinajstić information content (AvgIpc) is 2.27. The minimum Gasteiger partial charge on any atom is -0.338 e. The Kier molecular flexibility index (Phi) is 7.38. The normalized spacial score (nSPS) is 23.5. The van der Waals surface area contributed by atoms with Crippen molar-refractivity contribution in [3.63, 3.8) is 0 Å². The minimum atomic E-state index is 0. The predicted octanol–water partition coefficient (Wildman–Crippen LogP) is 3.21. The molecule has 1 saturated heterocycles. The van der Waals surface area contributed by atoms with Gasteiger partial charge < -0.3 is 10.6 Å². The first kappa shape index (κ1) is 18.7. The molecule has 0 bridgehead atoms. The molecule has 3 nitrogen and oxygen atoms in total. The fourth-order valence-corrected chi connectivity index (χ4v) is 2.50. The Morgan fingerprint density at radius 2 is 1.89 bits per heavy atom. The van der Waals surface area contributed by atoms with Crippen molar-refractivity contribution in [1.29, 1.82) is 0 Å². The summed E-state index contributed by atoms with van der Waals surface area (Å²) in [5.74, 6) is 0.695. The first-order valence-electron chi connectivity index (χ1n) is 7.28.